The van der Waals surface area contributed by atoms with Gasteiger partial charge in [0.15, 0.2) is 0 Å². The van der Waals surface area contributed by atoms with Gasteiger partial charge in [-0.3, -0.25) is 0 Å². The van der Waals surface area contributed by atoms with E-state index in [1.165, 1.54) is 27.7 Å². The molecule has 1 N–H and O–H groups in total. The fourth-order valence-corrected chi connectivity index (χ4v) is 3.96. The molecule has 0 bridgehead atoms. The van der Waals surface area contributed by atoms with E-state index in [9.17, 15) is 4.79 Å². The molecule has 3 heteroatoms. The summed E-state index contributed by atoms with van der Waals surface area (Å²) in [7, 11) is 0. The molecule has 0 amide bonds. The predicted octanol–water partition coefficient (Wildman–Crippen LogP) is 3.51. The molecule has 2 heterocycles. The van der Waals surface area contributed by atoms with E-state index in [2.05, 4.69) is 64.5 Å². The van der Waals surface area contributed by atoms with Crippen LogP contribution < -0.4 is 5.32 Å². The van der Waals surface area contributed by atoms with E-state index in [1.54, 1.807) is 0 Å². The third-order valence-corrected chi connectivity index (χ3v) is 5.01. The maximum Gasteiger partial charge on any atom is 0.120 e. The van der Waals surface area contributed by atoms with Crippen LogP contribution in [0.4, 0.5) is 0 Å². The van der Waals surface area contributed by atoms with Crippen LogP contribution in [0.25, 0.3) is 10.9 Å². The van der Waals surface area contributed by atoms with E-state index in [4.69, 9.17) is 0 Å². The fraction of sp³-hybridized carbons (Fsp3) is 0.286. The summed E-state index contributed by atoms with van der Waals surface area (Å²) in [5.41, 5.74) is 5.34. The van der Waals surface area contributed by atoms with Crippen LogP contribution in [-0.4, -0.2) is 23.9 Å². The molecular formula is C21H22N2O. The Morgan fingerprint density at radius 3 is 2.71 bits per heavy atom. The number of hydrogen-bond donors (Lipinski definition) is 1. The number of aldehydes is 1. The average molecular weight is 318 g/mol. The number of hydrogen-bond acceptors (Lipinski definition) is 2. The number of benzene rings is 2. The Hall–Kier alpha value is -2.39. The minimum atomic E-state index is 0.246. The number of nitrogens with one attached hydrogen (secondary N) is 1. The maximum absolute atomic E-state index is 11.2. The van der Waals surface area contributed by atoms with Crippen molar-refractivity contribution in [3.63, 3.8) is 0 Å². The Kier molecular flexibility index (Phi) is 4.18. The summed E-state index contributed by atoms with van der Waals surface area (Å²) < 4.78 is 2.43. The molecule has 3 aromatic rings. The average Bonchev–Trinajstić information content (AvgIpc) is 2.77. The molecule has 0 saturated carbocycles. The predicted molar refractivity (Wildman–Crippen MR) is 97.5 cm³/mol. The standard InChI is InChI=1S/C21H22N2O/c24-13-11-17-14-22-12-10-19-18-8-4-5-9-20(18)23(21(17)19)15-16-6-2-1-3-7-16/h1-9,13,17,22H,10-12,14-15H2. The number of nitrogens with zero attached hydrogens (tertiary/aromatic N) is 1. The number of rotatable bonds is 4. The van der Waals surface area contributed by atoms with Gasteiger partial charge in [-0.2, -0.15) is 0 Å². The minimum absolute atomic E-state index is 0.246. The van der Waals surface area contributed by atoms with Gasteiger partial charge in [0.2, 0.25) is 0 Å². The summed E-state index contributed by atoms with van der Waals surface area (Å²) in [6, 6.07) is 19.2. The van der Waals surface area contributed by atoms with Crippen LogP contribution in [0.15, 0.2) is 54.6 Å². The van der Waals surface area contributed by atoms with Gasteiger partial charge in [0.25, 0.3) is 0 Å². The van der Waals surface area contributed by atoms with Gasteiger partial charge < -0.3 is 14.7 Å². The first kappa shape index (κ1) is 15.2. The molecule has 1 aliphatic rings. The zero-order valence-corrected chi connectivity index (χ0v) is 13.7. The molecule has 1 aromatic heterocycles. The van der Waals surface area contributed by atoms with E-state index in [-0.39, 0.29) is 5.92 Å². The van der Waals surface area contributed by atoms with Crippen LogP contribution in [0.3, 0.4) is 0 Å². The van der Waals surface area contributed by atoms with Crippen molar-refractivity contribution in [1.82, 2.24) is 9.88 Å². The van der Waals surface area contributed by atoms with Gasteiger partial charge in [-0.15, -0.1) is 0 Å². The first-order valence-corrected chi connectivity index (χ1v) is 8.66. The van der Waals surface area contributed by atoms with Crippen molar-refractivity contribution in [3.8, 4) is 0 Å². The summed E-state index contributed by atoms with van der Waals surface area (Å²) in [5.74, 6) is 0.246. The number of aromatic nitrogens is 1. The second-order valence-electron chi connectivity index (χ2n) is 6.51. The lowest BCUT2D eigenvalue weighted by Gasteiger charge is -2.18. The Bertz CT molecular complexity index is 851. The van der Waals surface area contributed by atoms with Gasteiger partial charge in [-0.25, -0.2) is 0 Å². The van der Waals surface area contributed by atoms with Crippen LogP contribution in [0.2, 0.25) is 0 Å². The molecule has 3 nitrogen and oxygen atoms in total. The second-order valence-corrected chi connectivity index (χ2v) is 6.51. The van der Waals surface area contributed by atoms with Crippen LogP contribution in [0, 0.1) is 0 Å². The number of carbonyl (C=O) groups is 1. The van der Waals surface area contributed by atoms with E-state index in [1.807, 2.05) is 0 Å². The van der Waals surface area contributed by atoms with Gasteiger partial charge in [0.1, 0.15) is 6.29 Å². The van der Waals surface area contributed by atoms with Crippen molar-refractivity contribution in [1.29, 1.82) is 0 Å². The molecule has 0 fully saturated rings. The van der Waals surface area contributed by atoms with Gasteiger partial charge >= 0.3 is 0 Å². The topological polar surface area (TPSA) is 34.0 Å². The van der Waals surface area contributed by atoms with E-state index >= 15 is 0 Å². The Labute approximate surface area is 142 Å². The Morgan fingerprint density at radius 1 is 1.08 bits per heavy atom. The lowest BCUT2D eigenvalue weighted by atomic mass is 9.97. The molecule has 1 unspecified atom stereocenters. The van der Waals surface area contributed by atoms with Crippen molar-refractivity contribution >= 4 is 17.2 Å². The Morgan fingerprint density at radius 2 is 1.88 bits per heavy atom. The van der Waals surface area contributed by atoms with E-state index in [0.29, 0.717) is 6.42 Å². The highest BCUT2D eigenvalue weighted by molar-refractivity contribution is 5.86. The zero-order chi connectivity index (χ0) is 16.4. The maximum atomic E-state index is 11.2. The third kappa shape index (κ3) is 2.65. The largest absolute Gasteiger partial charge is 0.340 e. The van der Waals surface area contributed by atoms with Crippen LogP contribution in [0.5, 0.6) is 0 Å². The van der Waals surface area contributed by atoms with Gasteiger partial charge in [-0.1, -0.05) is 48.5 Å². The van der Waals surface area contributed by atoms with Crippen molar-refractivity contribution in [2.75, 3.05) is 13.1 Å². The number of para-hydroxylation sites is 1. The normalized spacial score (nSPS) is 17.4. The highest BCUT2D eigenvalue weighted by atomic mass is 16.1. The second kappa shape index (κ2) is 6.62. The van der Waals surface area contributed by atoms with Crippen LogP contribution in [-0.2, 0) is 17.8 Å². The lowest BCUT2D eigenvalue weighted by molar-refractivity contribution is -0.108. The molecule has 24 heavy (non-hydrogen) atoms. The third-order valence-electron chi connectivity index (χ3n) is 5.01. The summed E-state index contributed by atoms with van der Waals surface area (Å²) in [6.45, 7) is 2.70. The molecule has 0 radical (unpaired) electrons. The SMILES string of the molecule is O=CCC1CNCCc2c1n(Cc1ccccc1)c1ccccc21. The molecule has 122 valence electrons. The number of fused-ring (bicyclic) bond motifs is 3. The fourth-order valence-electron chi connectivity index (χ4n) is 3.96. The highest BCUT2D eigenvalue weighted by Crippen LogP contribution is 2.34. The first-order valence-electron chi connectivity index (χ1n) is 8.66. The molecule has 0 aliphatic carbocycles. The molecule has 0 spiro atoms. The van der Waals surface area contributed by atoms with E-state index < -0.39 is 0 Å². The molecule has 0 saturated heterocycles. The summed E-state index contributed by atoms with van der Waals surface area (Å²) in [4.78, 5) is 11.2. The minimum Gasteiger partial charge on any atom is -0.340 e. The van der Waals surface area contributed by atoms with Gasteiger partial charge in [0, 0.05) is 42.0 Å². The molecule has 4 rings (SSSR count). The van der Waals surface area contributed by atoms with Crippen molar-refractivity contribution in [3.05, 3.63) is 71.4 Å². The van der Waals surface area contributed by atoms with Crippen LogP contribution >= 0.6 is 0 Å². The quantitative estimate of drug-likeness (QED) is 0.747. The van der Waals surface area contributed by atoms with Crippen molar-refractivity contribution < 1.29 is 4.79 Å². The molecule has 1 atom stereocenters. The first-order chi connectivity index (χ1) is 11.9. The molecule has 2 aromatic carbocycles. The zero-order valence-electron chi connectivity index (χ0n) is 13.7. The van der Waals surface area contributed by atoms with E-state index in [0.717, 1.165) is 32.3 Å². The smallest absolute Gasteiger partial charge is 0.120 e. The van der Waals surface area contributed by atoms with Crippen molar-refractivity contribution in [2.45, 2.75) is 25.3 Å². The lowest BCUT2D eigenvalue weighted by Crippen LogP contribution is -2.22. The van der Waals surface area contributed by atoms with Crippen LogP contribution in [0.1, 0.15) is 29.2 Å². The summed E-state index contributed by atoms with van der Waals surface area (Å²) in [5, 5.41) is 4.83. The summed E-state index contributed by atoms with van der Waals surface area (Å²) in [6.07, 6.45) is 2.66. The molecular weight excluding hydrogens is 296 g/mol. The molecule has 1 aliphatic heterocycles. The van der Waals surface area contributed by atoms with Crippen molar-refractivity contribution in [2.24, 2.45) is 0 Å². The number of carbonyl (C=O) groups excluding carboxylic acids is 1. The van der Waals surface area contributed by atoms with Gasteiger partial charge in [-0.05, 0) is 30.2 Å². The highest BCUT2D eigenvalue weighted by Gasteiger charge is 2.25. The Balaban J connectivity index is 1.91. The summed E-state index contributed by atoms with van der Waals surface area (Å²) >= 11 is 0. The van der Waals surface area contributed by atoms with Gasteiger partial charge in [0.05, 0.1) is 0 Å². The monoisotopic (exact) mass is 318 g/mol.